The smallest absolute Gasteiger partial charge is 0.318 e. The number of nitro benzene ring substituents is 3. The van der Waals surface area contributed by atoms with E-state index in [1.165, 1.54) is 30.3 Å². The quantitative estimate of drug-likeness (QED) is 0.139. The van der Waals surface area contributed by atoms with Gasteiger partial charge >= 0.3 is 5.69 Å². The summed E-state index contributed by atoms with van der Waals surface area (Å²) in [6.45, 7) is 0. The van der Waals surface area contributed by atoms with Gasteiger partial charge in [0.15, 0.2) is 0 Å². The number of benzene rings is 3. The van der Waals surface area contributed by atoms with Gasteiger partial charge < -0.3 is 10.1 Å². The van der Waals surface area contributed by atoms with E-state index in [4.69, 9.17) is 16.3 Å². The molecule has 0 aliphatic heterocycles. The second kappa shape index (κ2) is 11.2. The Kier molecular flexibility index (Phi) is 8.12. The lowest BCUT2D eigenvalue weighted by atomic mass is 10.1. The third kappa shape index (κ3) is 6.42. The number of amides is 1. The molecule has 3 rings (SSSR count). The van der Waals surface area contributed by atoms with Crippen LogP contribution in [0.1, 0.15) is 5.56 Å². The molecule has 186 valence electrons. The highest BCUT2D eigenvalue weighted by molar-refractivity contribution is 9.10. The average molecular weight is 589 g/mol. The maximum absolute atomic E-state index is 12.6. The average Bonchev–Trinajstić information content (AvgIpc) is 2.85. The molecule has 0 heterocycles. The van der Waals surface area contributed by atoms with E-state index in [0.717, 1.165) is 30.3 Å². The lowest BCUT2D eigenvalue weighted by Gasteiger charge is -2.09. The normalized spacial score (nSPS) is 10.8. The molecule has 0 atom stereocenters. The Balaban J connectivity index is 1.85. The molecule has 0 aromatic heterocycles. The van der Waals surface area contributed by atoms with Crippen molar-refractivity contribution in [3.05, 3.63) is 106 Å². The van der Waals surface area contributed by atoms with Crippen molar-refractivity contribution in [1.29, 1.82) is 5.26 Å². The number of carbonyl (C=O) groups excluding carboxylic acids is 1. The van der Waals surface area contributed by atoms with E-state index in [1.807, 2.05) is 0 Å². The highest BCUT2D eigenvalue weighted by atomic mass is 79.9. The number of nitrogens with zero attached hydrogens (tertiary/aromatic N) is 4. The monoisotopic (exact) mass is 587 g/mol. The van der Waals surface area contributed by atoms with Gasteiger partial charge in [0.05, 0.1) is 36.0 Å². The number of halogens is 2. The van der Waals surface area contributed by atoms with Crippen molar-refractivity contribution in [2.45, 2.75) is 0 Å². The van der Waals surface area contributed by atoms with Gasteiger partial charge in [0, 0.05) is 18.2 Å². The number of rotatable bonds is 8. The van der Waals surface area contributed by atoms with Crippen LogP contribution in [0.3, 0.4) is 0 Å². The molecule has 3 aromatic carbocycles. The number of anilines is 1. The predicted molar refractivity (Wildman–Crippen MR) is 134 cm³/mol. The summed E-state index contributed by atoms with van der Waals surface area (Å²) in [5.74, 6) is -1.01. The van der Waals surface area contributed by atoms with Gasteiger partial charge in [-0.05, 0) is 51.8 Å². The molecule has 1 N–H and O–H groups in total. The summed E-state index contributed by atoms with van der Waals surface area (Å²) in [5, 5.41) is 45.0. The molecule has 0 aliphatic rings. The zero-order chi connectivity index (χ0) is 27.3. The molecule has 1 amide bonds. The number of nitrogens with one attached hydrogen (secondary N) is 1. The lowest BCUT2D eigenvalue weighted by Crippen LogP contribution is -2.14. The SMILES string of the molecule is N#C/C(=C\c1ccc(Oc2ccc([N+](=O)[O-])cc2[N+](=O)[O-])c(Br)c1)C(=O)Nc1cc([N+](=O)[O-])ccc1Cl. The number of non-ortho nitro benzene ring substituents is 2. The molecule has 0 spiro atoms. The van der Waals surface area contributed by atoms with Gasteiger partial charge in [0.25, 0.3) is 17.3 Å². The summed E-state index contributed by atoms with van der Waals surface area (Å²) in [6.07, 6.45) is 1.23. The number of ether oxygens (including phenoxy) is 1. The largest absolute Gasteiger partial charge is 0.449 e. The van der Waals surface area contributed by atoms with E-state index in [9.17, 15) is 40.4 Å². The van der Waals surface area contributed by atoms with E-state index in [0.29, 0.717) is 5.56 Å². The standard InChI is InChI=1S/C22H11BrClN5O8/c23-16-8-12(1-5-20(16)37-21-6-3-15(28(33)34)10-19(21)29(35)36)7-13(11-25)22(30)26-18-9-14(27(31)32)2-4-17(18)24/h1-10H,(H,26,30)/b13-7+. The molecular formula is C22H11BrClN5O8. The highest BCUT2D eigenvalue weighted by Crippen LogP contribution is 2.37. The lowest BCUT2D eigenvalue weighted by molar-refractivity contribution is -0.394. The Hall–Kier alpha value is -4.87. The molecule has 13 nitrogen and oxygen atoms in total. The maximum Gasteiger partial charge on any atom is 0.318 e. The Morgan fingerprint density at radius 1 is 0.946 bits per heavy atom. The minimum atomic E-state index is -0.872. The molecule has 0 saturated carbocycles. The molecule has 0 aliphatic carbocycles. The van der Waals surface area contributed by atoms with Gasteiger partial charge in [-0.2, -0.15) is 5.26 Å². The zero-order valence-corrected chi connectivity index (χ0v) is 20.4. The van der Waals surface area contributed by atoms with Crippen LogP contribution < -0.4 is 10.1 Å². The van der Waals surface area contributed by atoms with E-state index < -0.39 is 32.1 Å². The van der Waals surface area contributed by atoms with Crippen LogP contribution in [0.15, 0.2) is 64.6 Å². The van der Waals surface area contributed by atoms with E-state index in [1.54, 1.807) is 6.07 Å². The summed E-state index contributed by atoms with van der Waals surface area (Å²) in [6, 6.07) is 12.4. The fourth-order valence-electron chi connectivity index (χ4n) is 2.88. The summed E-state index contributed by atoms with van der Waals surface area (Å²) in [5.41, 5.74) is -1.46. The van der Waals surface area contributed by atoms with Crippen molar-refractivity contribution in [1.82, 2.24) is 0 Å². The Morgan fingerprint density at radius 3 is 2.16 bits per heavy atom. The van der Waals surface area contributed by atoms with Gasteiger partial charge in [0.2, 0.25) is 5.75 Å². The number of hydrogen-bond donors (Lipinski definition) is 1. The summed E-state index contributed by atoms with van der Waals surface area (Å²) >= 11 is 9.22. The Bertz CT molecular complexity index is 1540. The molecule has 3 aromatic rings. The van der Waals surface area contributed by atoms with E-state index in [-0.39, 0.29) is 37.9 Å². The van der Waals surface area contributed by atoms with Gasteiger partial charge in [-0.3, -0.25) is 35.1 Å². The van der Waals surface area contributed by atoms with Crippen LogP contribution in [-0.2, 0) is 4.79 Å². The predicted octanol–water partition coefficient (Wildman–Crippen LogP) is 6.17. The van der Waals surface area contributed by atoms with Crippen molar-refractivity contribution in [3.8, 4) is 17.6 Å². The minimum absolute atomic E-state index is 0.0285. The molecule has 0 fully saturated rings. The van der Waals surface area contributed by atoms with E-state index in [2.05, 4.69) is 21.2 Å². The molecule has 0 unspecified atom stereocenters. The second-order valence-corrected chi connectivity index (χ2v) is 8.26. The van der Waals surface area contributed by atoms with Crippen LogP contribution in [0.5, 0.6) is 11.5 Å². The topological polar surface area (TPSA) is 192 Å². The van der Waals surface area contributed by atoms with E-state index >= 15 is 0 Å². The van der Waals surface area contributed by atoms with Crippen LogP contribution in [-0.4, -0.2) is 20.7 Å². The minimum Gasteiger partial charge on any atom is -0.449 e. The molecule has 37 heavy (non-hydrogen) atoms. The first kappa shape index (κ1) is 26.7. The third-order valence-electron chi connectivity index (χ3n) is 4.61. The van der Waals surface area contributed by atoms with Crippen molar-refractivity contribution >= 4 is 62.3 Å². The summed E-state index contributed by atoms with van der Waals surface area (Å²) < 4.78 is 5.83. The fourth-order valence-corrected chi connectivity index (χ4v) is 3.53. The first-order chi connectivity index (χ1) is 17.5. The first-order valence-corrected chi connectivity index (χ1v) is 10.9. The first-order valence-electron chi connectivity index (χ1n) is 9.77. The van der Waals surface area contributed by atoms with Crippen molar-refractivity contribution < 1.29 is 24.3 Å². The molecule has 15 heteroatoms. The highest BCUT2D eigenvalue weighted by Gasteiger charge is 2.22. The van der Waals surface area contributed by atoms with Crippen LogP contribution in [0, 0.1) is 41.7 Å². The molecule has 0 bridgehead atoms. The van der Waals surface area contributed by atoms with Gasteiger partial charge in [-0.15, -0.1) is 0 Å². The maximum atomic E-state index is 12.6. The second-order valence-electron chi connectivity index (χ2n) is 7.00. The number of nitro groups is 3. The zero-order valence-electron chi connectivity index (χ0n) is 18.1. The molecule has 0 radical (unpaired) electrons. The van der Waals surface area contributed by atoms with Gasteiger partial charge in [-0.1, -0.05) is 17.7 Å². The van der Waals surface area contributed by atoms with Gasteiger partial charge in [0.1, 0.15) is 17.4 Å². The van der Waals surface area contributed by atoms with Crippen LogP contribution in [0.25, 0.3) is 6.08 Å². The van der Waals surface area contributed by atoms with Crippen LogP contribution in [0.2, 0.25) is 5.02 Å². The van der Waals surface area contributed by atoms with Crippen LogP contribution in [0.4, 0.5) is 22.7 Å². The van der Waals surface area contributed by atoms with Gasteiger partial charge in [-0.25, -0.2) is 0 Å². The Morgan fingerprint density at radius 2 is 1.57 bits per heavy atom. The summed E-state index contributed by atoms with van der Waals surface area (Å²) in [4.78, 5) is 43.5. The number of carbonyl (C=O) groups is 1. The fraction of sp³-hybridized carbons (Fsp3) is 0. The van der Waals surface area contributed by atoms with Crippen molar-refractivity contribution in [3.63, 3.8) is 0 Å². The number of nitriles is 1. The van der Waals surface area contributed by atoms with Crippen molar-refractivity contribution in [2.75, 3.05) is 5.32 Å². The molecule has 0 saturated heterocycles. The Labute approximate surface area is 220 Å². The van der Waals surface area contributed by atoms with Crippen LogP contribution >= 0.6 is 27.5 Å². The number of hydrogen-bond acceptors (Lipinski definition) is 9. The molecular weight excluding hydrogens is 578 g/mol. The third-order valence-corrected chi connectivity index (χ3v) is 5.56. The van der Waals surface area contributed by atoms with Crippen molar-refractivity contribution in [2.24, 2.45) is 0 Å². The summed E-state index contributed by atoms with van der Waals surface area (Å²) in [7, 11) is 0.